The number of aliphatic hydroxyl groups is 1. The molecule has 29 heavy (non-hydrogen) atoms. The minimum Gasteiger partial charge on any atom is -0.395 e. The van der Waals surface area contributed by atoms with Gasteiger partial charge in [-0.2, -0.15) is 0 Å². The van der Waals surface area contributed by atoms with Gasteiger partial charge in [-0.1, -0.05) is 36.4 Å². The molecule has 2 fully saturated rings. The number of rotatable bonds is 3. The number of hydrogen-bond donors (Lipinski definition) is 1. The fourth-order valence-electron chi connectivity index (χ4n) is 5.82. The molecule has 2 atom stereocenters. The first-order chi connectivity index (χ1) is 13.6. The minimum atomic E-state index is -0.252. The number of likely N-dealkylation sites (tertiary alicyclic amines) is 1. The van der Waals surface area contributed by atoms with Crippen LogP contribution in [0.2, 0.25) is 0 Å². The first-order valence-corrected chi connectivity index (χ1v) is 10.5. The van der Waals surface area contributed by atoms with Crippen LogP contribution in [0.4, 0.5) is 5.69 Å². The van der Waals surface area contributed by atoms with Crippen molar-refractivity contribution in [3.63, 3.8) is 0 Å². The third-order valence-corrected chi connectivity index (χ3v) is 7.39. The predicted molar refractivity (Wildman–Crippen MR) is 118 cm³/mol. The van der Waals surface area contributed by atoms with Gasteiger partial charge in [0, 0.05) is 24.8 Å². The van der Waals surface area contributed by atoms with Gasteiger partial charge in [0.05, 0.1) is 18.1 Å². The highest BCUT2D eigenvalue weighted by molar-refractivity contribution is 6.05. The maximum atomic E-state index is 12.7. The van der Waals surface area contributed by atoms with Crippen molar-refractivity contribution in [3.8, 4) is 0 Å². The van der Waals surface area contributed by atoms with Crippen LogP contribution in [0.5, 0.6) is 0 Å². The molecule has 3 aliphatic rings. The molecular formula is C24H29ClN2O2. The molecule has 2 aliphatic heterocycles. The lowest BCUT2D eigenvalue weighted by Gasteiger charge is -2.60. The highest BCUT2D eigenvalue weighted by Gasteiger charge is 2.60. The molecule has 1 amide bonds. The quantitative estimate of drug-likeness (QED) is 0.786. The molecule has 0 aromatic heterocycles. The number of halogens is 1. The van der Waals surface area contributed by atoms with Crippen LogP contribution in [0.1, 0.15) is 29.5 Å². The zero-order valence-corrected chi connectivity index (χ0v) is 17.7. The summed E-state index contributed by atoms with van der Waals surface area (Å²) in [5.74, 6) is -0.177. The molecule has 5 heteroatoms. The Morgan fingerprint density at radius 3 is 2.41 bits per heavy atom. The zero-order valence-electron chi connectivity index (χ0n) is 16.9. The molecule has 154 valence electrons. The van der Waals surface area contributed by atoms with Crippen molar-refractivity contribution in [2.75, 3.05) is 24.6 Å². The SMILES string of the molecule is Cc1cccc2c1C[C@H](N1CCC3(CC1)[C@H](CO)C(=O)N3c1ccccc1)C2.Cl. The van der Waals surface area contributed by atoms with Crippen molar-refractivity contribution < 1.29 is 9.90 Å². The summed E-state index contributed by atoms with van der Waals surface area (Å²) >= 11 is 0. The van der Waals surface area contributed by atoms with E-state index in [-0.39, 0.29) is 36.4 Å². The summed E-state index contributed by atoms with van der Waals surface area (Å²) in [6.45, 7) is 4.15. The first kappa shape index (κ1) is 20.4. The van der Waals surface area contributed by atoms with E-state index in [0.717, 1.165) is 44.5 Å². The molecule has 2 aromatic rings. The van der Waals surface area contributed by atoms with Gasteiger partial charge in [0.1, 0.15) is 0 Å². The first-order valence-electron chi connectivity index (χ1n) is 10.5. The minimum absolute atomic E-state index is 0. The number of benzene rings is 2. The Balaban J connectivity index is 0.00000205. The van der Waals surface area contributed by atoms with Crippen LogP contribution in [0.25, 0.3) is 0 Å². The monoisotopic (exact) mass is 412 g/mol. The predicted octanol–water partition coefficient (Wildman–Crippen LogP) is 3.37. The molecule has 0 unspecified atom stereocenters. The van der Waals surface area contributed by atoms with Crippen molar-refractivity contribution in [1.82, 2.24) is 4.90 Å². The largest absolute Gasteiger partial charge is 0.395 e. The molecule has 1 aliphatic carbocycles. The Kier molecular flexibility index (Phi) is 5.45. The van der Waals surface area contributed by atoms with E-state index in [0.29, 0.717) is 6.04 Å². The highest BCUT2D eigenvalue weighted by Crippen LogP contribution is 2.48. The summed E-state index contributed by atoms with van der Waals surface area (Å²) in [5, 5.41) is 9.90. The molecular weight excluding hydrogens is 384 g/mol. The third-order valence-electron chi connectivity index (χ3n) is 7.39. The number of carbonyl (C=O) groups is 1. The van der Waals surface area contributed by atoms with E-state index in [2.05, 4.69) is 30.0 Å². The molecule has 0 radical (unpaired) electrons. The number of β-lactam (4-membered cyclic amide) rings is 1. The number of hydrogen-bond acceptors (Lipinski definition) is 3. The molecule has 0 saturated carbocycles. The topological polar surface area (TPSA) is 43.8 Å². The van der Waals surface area contributed by atoms with Crippen molar-refractivity contribution in [2.24, 2.45) is 5.92 Å². The van der Waals surface area contributed by atoms with Gasteiger partial charge in [-0.3, -0.25) is 9.69 Å². The molecule has 2 heterocycles. The second kappa shape index (κ2) is 7.75. The number of anilines is 1. The lowest BCUT2D eigenvalue weighted by Crippen LogP contribution is -2.75. The van der Waals surface area contributed by atoms with Gasteiger partial charge < -0.3 is 10.0 Å². The van der Waals surface area contributed by atoms with Crippen molar-refractivity contribution in [3.05, 3.63) is 65.2 Å². The fourth-order valence-corrected chi connectivity index (χ4v) is 5.82. The summed E-state index contributed by atoms with van der Waals surface area (Å²) in [6, 6.07) is 17.2. The van der Waals surface area contributed by atoms with Gasteiger partial charge in [-0.05, 0) is 61.4 Å². The Labute approximate surface area is 178 Å². The van der Waals surface area contributed by atoms with Crippen molar-refractivity contribution in [2.45, 2.75) is 44.2 Å². The number of nitrogens with zero attached hydrogens (tertiary/aromatic N) is 2. The number of amides is 1. The number of carbonyl (C=O) groups excluding carboxylic acids is 1. The number of fused-ring (bicyclic) bond motifs is 1. The normalized spacial score (nSPS) is 25.4. The van der Waals surface area contributed by atoms with E-state index >= 15 is 0 Å². The highest BCUT2D eigenvalue weighted by atomic mass is 35.5. The second-order valence-electron chi connectivity index (χ2n) is 8.66. The molecule has 2 saturated heterocycles. The standard InChI is InChI=1S/C24H28N2O2.ClH/c1-17-6-5-7-18-14-20(15-21(17)18)25-12-10-24(11-13-25)22(16-27)23(28)26(24)19-8-3-2-4-9-19;/h2-9,20,22,27H,10-16H2,1H3;1H/t20-,22-;/m1./s1. The Morgan fingerprint density at radius 2 is 1.76 bits per heavy atom. The van der Waals surface area contributed by atoms with Crippen LogP contribution in [0.3, 0.4) is 0 Å². The van der Waals surface area contributed by atoms with E-state index in [1.165, 1.54) is 16.7 Å². The average Bonchev–Trinajstić information content (AvgIpc) is 3.15. The van der Waals surface area contributed by atoms with Crippen molar-refractivity contribution in [1.29, 1.82) is 0 Å². The van der Waals surface area contributed by atoms with Crippen LogP contribution in [-0.4, -0.2) is 47.2 Å². The zero-order chi connectivity index (χ0) is 19.3. The van der Waals surface area contributed by atoms with E-state index in [4.69, 9.17) is 0 Å². The molecule has 1 N–H and O–H groups in total. The summed E-state index contributed by atoms with van der Waals surface area (Å²) in [7, 11) is 0. The summed E-state index contributed by atoms with van der Waals surface area (Å²) in [6.07, 6.45) is 4.14. The maximum Gasteiger partial charge on any atom is 0.235 e. The van der Waals surface area contributed by atoms with Gasteiger partial charge in [0.25, 0.3) is 0 Å². The maximum absolute atomic E-state index is 12.7. The smallest absolute Gasteiger partial charge is 0.235 e. The number of aliphatic hydroxyl groups excluding tert-OH is 1. The average molecular weight is 413 g/mol. The molecule has 5 rings (SSSR count). The van der Waals surface area contributed by atoms with Crippen LogP contribution in [-0.2, 0) is 17.6 Å². The second-order valence-corrected chi connectivity index (χ2v) is 8.66. The molecule has 1 spiro atoms. The summed E-state index contributed by atoms with van der Waals surface area (Å²) in [5.41, 5.74) is 5.20. The van der Waals surface area contributed by atoms with E-state index in [1.54, 1.807) is 0 Å². The molecule has 2 aromatic carbocycles. The Bertz CT molecular complexity index is 893. The van der Waals surface area contributed by atoms with Gasteiger partial charge in [-0.25, -0.2) is 0 Å². The lowest BCUT2D eigenvalue weighted by atomic mass is 9.67. The van der Waals surface area contributed by atoms with Gasteiger partial charge in [-0.15, -0.1) is 12.4 Å². The van der Waals surface area contributed by atoms with Crippen LogP contribution in [0, 0.1) is 12.8 Å². The van der Waals surface area contributed by atoms with Crippen LogP contribution < -0.4 is 4.90 Å². The van der Waals surface area contributed by atoms with E-state index < -0.39 is 0 Å². The molecule has 4 nitrogen and oxygen atoms in total. The van der Waals surface area contributed by atoms with Crippen molar-refractivity contribution >= 4 is 24.0 Å². The fraction of sp³-hybridized carbons (Fsp3) is 0.458. The van der Waals surface area contributed by atoms with Gasteiger partial charge >= 0.3 is 0 Å². The summed E-state index contributed by atoms with van der Waals surface area (Å²) < 4.78 is 0. The Morgan fingerprint density at radius 1 is 1.03 bits per heavy atom. The number of aryl methyl sites for hydroxylation is 1. The Hall–Kier alpha value is -1.88. The number of para-hydroxylation sites is 1. The molecule has 0 bridgehead atoms. The van der Waals surface area contributed by atoms with E-state index in [1.807, 2.05) is 35.2 Å². The van der Waals surface area contributed by atoms with Gasteiger partial charge in [0.15, 0.2) is 0 Å². The number of piperidine rings is 1. The lowest BCUT2D eigenvalue weighted by molar-refractivity contribution is -0.140. The van der Waals surface area contributed by atoms with Gasteiger partial charge in [0.2, 0.25) is 5.91 Å². The van der Waals surface area contributed by atoms with Crippen LogP contribution >= 0.6 is 12.4 Å². The third kappa shape index (κ3) is 3.09. The van der Waals surface area contributed by atoms with Crippen LogP contribution in [0.15, 0.2) is 48.5 Å². The summed E-state index contributed by atoms with van der Waals surface area (Å²) in [4.78, 5) is 17.3. The van der Waals surface area contributed by atoms with E-state index in [9.17, 15) is 9.90 Å².